The van der Waals surface area contributed by atoms with Gasteiger partial charge in [-0.05, 0) is 43.9 Å². The number of likely N-dealkylation sites (N-methyl/N-ethyl adjacent to an activating group) is 1. The molecule has 0 spiro atoms. The molecule has 1 aromatic carbocycles. The van der Waals surface area contributed by atoms with Crippen LogP contribution in [0.5, 0.6) is 5.75 Å². The normalized spacial score (nSPS) is 17.6. The second-order valence-corrected chi connectivity index (χ2v) is 5.28. The van der Waals surface area contributed by atoms with Crippen molar-refractivity contribution in [3.63, 3.8) is 0 Å². The van der Waals surface area contributed by atoms with Crippen molar-refractivity contribution in [2.75, 3.05) is 13.2 Å². The van der Waals surface area contributed by atoms with E-state index in [2.05, 4.69) is 5.32 Å². The molecule has 1 aliphatic carbocycles. The lowest BCUT2D eigenvalue weighted by molar-refractivity contribution is -0.147. The third kappa shape index (κ3) is 2.93. The molecule has 4 nitrogen and oxygen atoms in total. The molecule has 0 aliphatic heterocycles. The van der Waals surface area contributed by atoms with E-state index in [1.54, 1.807) is 6.07 Å². The van der Waals surface area contributed by atoms with Gasteiger partial charge in [0.25, 0.3) is 0 Å². The first kappa shape index (κ1) is 14.8. The summed E-state index contributed by atoms with van der Waals surface area (Å²) in [4.78, 5) is 11.6. The molecule has 1 aliphatic rings. The van der Waals surface area contributed by atoms with Gasteiger partial charge in [0.15, 0.2) is 5.54 Å². The highest BCUT2D eigenvalue weighted by atomic mass is 19.1. The molecule has 1 aromatic rings. The number of halogens is 1. The number of carboxylic acid groups (broad SMARTS) is 1. The fourth-order valence-electron chi connectivity index (χ4n) is 2.44. The molecule has 0 bridgehead atoms. The zero-order chi connectivity index (χ0) is 14.8. The van der Waals surface area contributed by atoms with E-state index in [-0.39, 0.29) is 18.3 Å². The Morgan fingerprint density at radius 3 is 2.80 bits per heavy atom. The molecule has 1 atom stereocenters. The van der Waals surface area contributed by atoms with E-state index < -0.39 is 11.5 Å². The maximum atomic E-state index is 13.2. The van der Waals surface area contributed by atoms with Gasteiger partial charge in [-0.3, -0.25) is 10.1 Å². The van der Waals surface area contributed by atoms with Crippen LogP contribution in [0.2, 0.25) is 0 Å². The molecule has 5 heteroatoms. The Morgan fingerprint density at radius 2 is 2.25 bits per heavy atom. The molecule has 1 fully saturated rings. The molecule has 20 heavy (non-hydrogen) atoms. The number of hydrogen-bond acceptors (Lipinski definition) is 3. The summed E-state index contributed by atoms with van der Waals surface area (Å²) in [7, 11) is 0. The average molecular weight is 281 g/mol. The van der Waals surface area contributed by atoms with Crippen LogP contribution < -0.4 is 10.1 Å². The van der Waals surface area contributed by atoms with Gasteiger partial charge in [-0.15, -0.1) is 0 Å². The van der Waals surface area contributed by atoms with E-state index in [0.29, 0.717) is 12.3 Å². The number of carboxylic acids is 1. The summed E-state index contributed by atoms with van der Waals surface area (Å²) in [6.45, 7) is 4.23. The maximum Gasteiger partial charge on any atom is 0.327 e. The van der Waals surface area contributed by atoms with Crippen LogP contribution in [0, 0.1) is 18.7 Å². The number of benzene rings is 1. The molecule has 1 unspecified atom stereocenters. The summed E-state index contributed by atoms with van der Waals surface area (Å²) in [5.74, 6) is -0.819. The molecule has 110 valence electrons. The van der Waals surface area contributed by atoms with Crippen LogP contribution in [0.15, 0.2) is 18.2 Å². The Kier molecular flexibility index (Phi) is 4.28. The second kappa shape index (κ2) is 5.79. The summed E-state index contributed by atoms with van der Waals surface area (Å²) in [6, 6.07) is 4.27. The Labute approximate surface area is 117 Å². The topological polar surface area (TPSA) is 58.6 Å². The zero-order valence-corrected chi connectivity index (χ0v) is 11.8. The standard InChI is InChI=1S/C15H20FNO3/c1-3-17-15(14(18)19,11-5-6-11)9-20-13-8-12(16)7-4-10(13)2/h4,7-8,11,17H,3,5-6,9H2,1-2H3,(H,18,19). The highest BCUT2D eigenvalue weighted by Gasteiger charge is 2.51. The highest BCUT2D eigenvalue weighted by Crippen LogP contribution is 2.40. The number of aryl methyl sites for hydroxylation is 1. The van der Waals surface area contributed by atoms with E-state index in [1.807, 2.05) is 13.8 Å². The van der Waals surface area contributed by atoms with Gasteiger partial charge in [0.1, 0.15) is 18.2 Å². The number of rotatable bonds is 7. The monoisotopic (exact) mass is 281 g/mol. The van der Waals surface area contributed by atoms with E-state index in [4.69, 9.17) is 4.74 Å². The van der Waals surface area contributed by atoms with Crippen molar-refractivity contribution < 1.29 is 19.0 Å². The Bertz CT molecular complexity index is 502. The van der Waals surface area contributed by atoms with Crippen molar-refractivity contribution in [2.45, 2.75) is 32.2 Å². The first-order chi connectivity index (χ1) is 9.49. The van der Waals surface area contributed by atoms with E-state index in [0.717, 1.165) is 18.4 Å². The minimum atomic E-state index is -1.08. The van der Waals surface area contributed by atoms with Gasteiger partial charge < -0.3 is 9.84 Å². The van der Waals surface area contributed by atoms with Crippen molar-refractivity contribution in [1.29, 1.82) is 0 Å². The van der Waals surface area contributed by atoms with E-state index >= 15 is 0 Å². The lowest BCUT2D eigenvalue weighted by Gasteiger charge is -2.30. The summed E-state index contributed by atoms with van der Waals surface area (Å²) in [6.07, 6.45) is 1.76. The Balaban J connectivity index is 2.16. The van der Waals surface area contributed by atoms with Crippen LogP contribution in [-0.2, 0) is 4.79 Å². The zero-order valence-electron chi connectivity index (χ0n) is 11.8. The average Bonchev–Trinajstić information content (AvgIpc) is 3.22. The smallest absolute Gasteiger partial charge is 0.327 e. The van der Waals surface area contributed by atoms with E-state index in [1.165, 1.54) is 12.1 Å². The van der Waals surface area contributed by atoms with Crippen molar-refractivity contribution >= 4 is 5.97 Å². The van der Waals surface area contributed by atoms with Gasteiger partial charge in [0, 0.05) is 6.07 Å². The molecule has 2 rings (SSSR count). The van der Waals surface area contributed by atoms with Crippen molar-refractivity contribution in [3.05, 3.63) is 29.6 Å². The molecule has 0 amide bonds. The number of carbonyl (C=O) groups is 1. The Morgan fingerprint density at radius 1 is 1.55 bits per heavy atom. The molecule has 0 saturated heterocycles. The lowest BCUT2D eigenvalue weighted by Crippen LogP contribution is -2.58. The van der Waals surface area contributed by atoms with Gasteiger partial charge in [-0.1, -0.05) is 13.0 Å². The minimum Gasteiger partial charge on any atom is -0.491 e. The van der Waals surface area contributed by atoms with Gasteiger partial charge in [0.2, 0.25) is 0 Å². The van der Waals surface area contributed by atoms with Crippen LogP contribution in [0.25, 0.3) is 0 Å². The summed E-state index contributed by atoms with van der Waals surface area (Å²) in [5, 5.41) is 12.6. The van der Waals surface area contributed by atoms with Crippen LogP contribution in [0.3, 0.4) is 0 Å². The van der Waals surface area contributed by atoms with Gasteiger partial charge in [-0.25, -0.2) is 4.39 Å². The van der Waals surface area contributed by atoms with E-state index in [9.17, 15) is 14.3 Å². The molecule has 0 heterocycles. The predicted octanol–water partition coefficient (Wildman–Crippen LogP) is 2.36. The first-order valence-corrected chi connectivity index (χ1v) is 6.87. The highest BCUT2D eigenvalue weighted by molar-refractivity contribution is 5.80. The van der Waals surface area contributed by atoms with Crippen molar-refractivity contribution in [2.24, 2.45) is 5.92 Å². The molecule has 0 aromatic heterocycles. The van der Waals surface area contributed by atoms with Crippen LogP contribution in [0.1, 0.15) is 25.3 Å². The molecule has 0 radical (unpaired) electrons. The number of nitrogens with one attached hydrogen (secondary N) is 1. The predicted molar refractivity (Wildman–Crippen MR) is 73.4 cm³/mol. The third-order valence-electron chi connectivity index (χ3n) is 3.75. The van der Waals surface area contributed by atoms with Gasteiger partial charge in [-0.2, -0.15) is 0 Å². The first-order valence-electron chi connectivity index (χ1n) is 6.87. The van der Waals surface area contributed by atoms with Gasteiger partial charge >= 0.3 is 5.97 Å². The summed E-state index contributed by atoms with van der Waals surface area (Å²) >= 11 is 0. The maximum absolute atomic E-state index is 13.2. The van der Waals surface area contributed by atoms with Crippen LogP contribution >= 0.6 is 0 Å². The van der Waals surface area contributed by atoms with Gasteiger partial charge in [0.05, 0.1) is 0 Å². The Hall–Kier alpha value is -1.62. The molecule has 2 N–H and O–H groups in total. The molecular weight excluding hydrogens is 261 g/mol. The SMILES string of the molecule is CCNC(COc1cc(F)ccc1C)(C(=O)O)C1CC1. The second-order valence-electron chi connectivity index (χ2n) is 5.28. The fourth-order valence-corrected chi connectivity index (χ4v) is 2.44. The van der Waals surface area contributed by atoms with Crippen LogP contribution in [0.4, 0.5) is 4.39 Å². The minimum absolute atomic E-state index is 0.00509. The number of aliphatic carboxylic acids is 1. The largest absolute Gasteiger partial charge is 0.491 e. The quantitative estimate of drug-likeness (QED) is 0.805. The summed E-state index contributed by atoms with van der Waals surface area (Å²) < 4.78 is 18.8. The van der Waals surface area contributed by atoms with Crippen molar-refractivity contribution in [3.8, 4) is 5.75 Å². The number of hydrogen-bond donors (Lipinski definition) is 2. The molecular formula is C15H20FNO3. The summed E-state index contributed by atoms with van der Waals surface area (Å²) in [5.41, 5.74) is -0.286. The lowest BCUT2D eigenvalue weighted by atomic mass is 9.94. The van der Waals surface area contributed by atoms with Crippen molar-refractivity contribution in [1.82, 2.24) is 5.32 Å². The van der Waals surface area contributed by atoms with Crippen LogP contribution in [-0.4, -0.2) is 29.8 Å². The molecule has 1 saturated carbocycles. The number of ether oxygens (including phenoxy) is 1. The fraction of sp³-hybridized carbons (Fsp3) is 0.533. The third-order valence-corrected chi connectivity index (χ3v) is 3.75.